The van der Waals surface area contributed by atoms with Crippen LogP contribution in [-0.4, -0.2) is 96.7 Å². The molecule has 0 amide bonds. The van der Waals surface area contributed by atoms with Gasteiger partial charge in [-0.15, -0.1) is 0 Å². The van der Waals surface area contributed by atoms with Crippen LogP contribution >= 0.6 is 15.6 Å². The van der Waals surface area contributed by atoms with Gasteiger partial charge in [-0.1, -0.05) is 356 Å². The Hall–Kier alpha value is -1.94. The van der Waals surface area contributed by atoms with Crippen molar-refractivity contribution in [1.29, 1.82) is 0 Å². The van der Waals surface area contributed by atoms with Crippen LogP contribution in [0.4, 0.5) is 0 Å². The van der Waals surface area contributed by atoms with Crippen molar-refractivity contribution in [3.8, 4) is 0 Å². The topological polar surface area (TPSA) is 237 Å². The van der Waals surface area contributed by atoms with Gasteiger partial charge in [-0.25, -0.2) is 9.13 Å². The van der Waals surface area contributed by atoms with Gasteiger partial charge in [-0.2, -0.15) is 0 Å². The van der Waals surface area contributed by atoms with Gasteiger partial charge in [0.05, 0.1) is 26.4 Å². The lowest BCUT2D eigenvalue weighted by Crippen LogP contribution is -2.30. The van der Waals surface area contributed by atoms with Crippen molar-refractivity contribution in [3.05, 3.63) is 0 Å². The Balaban J connectivity index is 5.22. The molecule has 0 radical (unpaired) electrons. The summed E-state index contributed by atoms with van der Waals surface area (Å²) in [4.78, 5) is 72.8. The van der Waals surface area contributed by atoms with Crippen LogP contribution in [0.1, 0.15) is 407 Å². The molecular formula is C77H150O17P2. The minimum absolute atomic E-state index is 0.108. The molecule has 0 aromatic heterocycles. The SMILES string of the molecule is CCCCCCCCCCCCCCCCCCCC(=O)OC[C@H](COP(=O)(O)OC[C@@H](O)COP(=O)(O)OC[C@@H](COC(=O)CCCCCCCCCCC)OC(=O)CCCCCCCCCCCCCCC)OC(=O)CCCCCCCCCCCCCCCCC(C)C. The average molecular weight is 1410 g/mol. The minimum atomic E-state index is -4.96. The number of esters is 4. The third-order valence-electron chi connectivity index (χ3n) is 18.0. The van der Waals surface area contributed by atoms with Crippen LogP contribution in [0.2, 0.25) is 0 Å². The van der Waals surface area contributed by atoms with E-state index in [-0.39, 0.29) is 25.7 Å². The first-order valence-corrected chi connectivity index (χ1v) is 43.1. The normalized spacial score (nSPS) is 13.9. The first-order valence-electron chi connectivity index (χ1n) is 40.1. The molecule has 2 unspecified atom stereocenters. The van der Waals surface area contributed by atoms with E-state index in [2.05, 4.69) is 34.6 Å². The largest absolute Gasteiger partial charge is 0.472 e. The van der Waals surface area contributed by atoms with Crippen LogP contribution in [0.3, 0.4) is 0 Å². The fourth-order valence-electron chi connectivity index (χ4n) is 11.9. The number of unbranched alkanes of at least 4 members (excludes halogenated alkanes) is 49. The van der Waals surface area contributed by atoms with Crippen LogP contribution in [0, 0.1) is 5.92 Å². The van der Waals surface area contributed by atoms with E-state index in [0.29, 0.717) is 25.7 Å². The molecule has 0 aliphatic heterocycles. The van der Waals surface area contributed by atoms with Gasteiger partial charge in [0.15, 0.2) is 12.2 Å². The molecule has 570 valence electrons. The molecule has 0 saturated carbocycles. The van der Waals surface area contributed by atoms with E-state index in [4.69, 9.17) is 37.0 Å². The Kier molecular flexibility index (Phi) is 68.7. The number of rotatable bonds is 77. The molecule has 96 heavy (non-hydrogen) atoms. The molecule has 0 aliphatic rings. The summed E-state index contributed by atoms with van der Waals surface area (Å²) in [6, 6.07) is 0. The maximum absolute atomic E-state index is 13.1. The molecule has 0 fully saturated rings. The Morgan fingerprint density at radius 3 is 0.708 bits per heavy atom. The lowest BCUT2D eigenvalue weighted by molar-refractivity contribution is -0.161. The van der Waals surface area contributed by atoms with Crippen LogP contribution in [0.15, 0.2) is 0 Å². The smallest absolute Gasteiger partial charge is 0.462 e. The first-order chi connectivity index (χ1) is 46.5. The first kappa shape index (κ1) is 94.1. The molecule has 0 aromatic carbocycles. The van der Waals surface area contributed by atoms with Crippen LogP contribution in [0.5, 0.6) is 0 Å². The molecule has 17 nitrogen and oxygen atoms in total. The number of aliphatic hydroxyl groups is 1. The zero-order valence-corrected chi connectivity index (χ0v) is 64.3. The van der Waals surface area contributed by atoms with Gasteiger partial charge in [0.1, 0.15) is 19.3 Å². The molecule has 0 aromatic rings. The number of carbonyl (C=O) groups is 4. The highest BCUT2D eigenvalue weighted by molar-refractivity contribution is 7.47. The summed E-state index contributed by atoms with van der Waals surface area (Å²) in [6.45, 7) is 7.31. The number of phosphoric acid groups is 2. The highest BCUT2D eigenvalue weighted by Crippen LogP contribution is 2.45. The second kappa shape index (κ2) is 70.1. The van der Waals surface area contributed by atoms with E-state index in [0.717, 1.165) is 95.8 Å². The van der Waals surface area contributed by atoms with E-state index >= 15 is 0 Å². The van der Waals surface area contributed by atoms with Gasteiger partial charge in [0.25, 0.3) is 0 Å². The second-order valence-corrected chi connectivity index (χ2v) is 31.1. The molecule has 19 heteroatoms. The molecule has 0 bridgehead atoms. The maximum Gasteiger partial charge on any atom is 0.472 e. The van der Waals surface area contributed by atoms with E-state index in [9.17, 15) is 43.2 Å². The Morgan fingerprint density at radius 1 is 0.281 bits per heavy atom. The minimum Gasteiger partial charge on any atom is -0.462 e. The van der Waals surface area contributed by atoms with Gasteiger partial charge in [-0.3, -0.25) is 37.3 Å². The van der Waals surface area contributed by atoms with Gasteiger partial charge in [0.2, 0.25) is 0 Å². The Labute approximate surface area is 588 Å². The summed E-state index contributed by atoms with van der Waals surface area (Å²) in [5, 5.41) is 10.6. The summed E-state index contributed by atoms with van der Waals surface area (Å²) in [7, 11) is -9.91. The zero-order chi connectivity index (χ0) is 70.5. The molecule has 0 heterocycles. The highest BCUT2D eigenvalue weighted by Gasteiger charge is 2.30. The molecule has 0 rings (SSSR count). The number of ether oxygens (including phenoxy) is 4. The lowest BCUT2D eigenvalue weighted by Gasteiger charge is -2.21. The summed E-state index contributed by atoms with van der Waals surface area (Å²) in [5.74, 6) is -1.32. The van der Waals surface area contributed by atoms with Crippen molar-refractivity contribution in [2.75, 3.05) is 39.6 Å². The highest BCUT2D eigenvalue weighted by atomic mass is 31.2. The third-order valence-corrected chi connectivity index (χ3v) is 19.9. The van der Waals surface area contributed by atoms with Crippen molar-refractivity contribution in [2.24, 2.45) is 5.92 Å². The fraction of sp³-hybridized carbons (Fsp3) is 0.948. The number of carbonyl (C=O) groups excluding carboxylic acids is 4. The van der Waals surface area contributed by atoms with E-state index in [1.54, 1.807) is 0 Å². The van der Waals surface area contributed by atoms with Crippen LogP contribution in [0.25, 0.3) is 0 Å². The van der Waals surface area contributed by atoms with Crippen molar-refractivity contribution < 1.29 is 80.2 Å². The Bertz CT molecular complexity index is 1840. The summed E-state index contributed by atoms with van der Waals surface area (Å²) in [6.07, 6.45) is 59.5. The summed E-state index contributed by atoms with van der Waals surface area (Å²) < 4.78 is 68.5. The third kappa shape index (κ3) is 70.5. The Morgan fingerprint density at radius 2 is 0.479 bits per heavy atom. The lowest BCUT2D eigenvalue weighted by atomic mass is 10.0. The number of aliphatic hydroxyl groups excluding tert-OH is 1. The molecular weight excluding hydrogens is 1260 g/mol. The van der Waals surface area contributed by atoms with Crippen molar-refractivity contribution in [1.82, 2.24) is 0 Å². The van der Waals surface area contributed by atoms with Gasteiger partial charge < -0.3 is 33.8 Å². The van der Waals surface area contributed by atoms with Crippen LogP contribution in [-0.2, 0) is 65.4 Å². The molecule has 3 N–H and O–H groups in total. The van der Waals surface area contributed by atoms with Crippen LogP contribution < -0.4 is 0 Å². The van der Waals surface area contributed by atoms with E-state index in [1.165, 1.54) is 231 Å². The second-order valence-electron chi connectivity index (χ2n) is 28.2. The molecule has 0 saturated heterocycles. The van der Waals surface area contributed by atoms with Gasteiger partial charge in [0, 0.05) is 25.7 Å². The zero-order valence-electron chi connectivity index (χ0n) is 62.5. The van der Waals surface area contributed by atoms with Gasteiger partial charge >= 0.3 is 39.5 Å². The molecule has 0 aliphatic carbocycles. The number of hydrogen-bond acceptors (Lipinski definition) is 15. The van der Waals surface area contributed by atoms with Crippen molar-refractivity contribution >= 4 is 39.5 Å². The number of hydrogen-bond donors (Lipinski definition) is 3. The predicted molar refractivity (Wildman–Crippen MR) is 391 cm³/mol. The maximum atomic E-state index is 13.1. The van der Waals surface area contributed by atoms with Crippen molar-refractivity contribution in [2.45, 2.75) is 425 Å². The predicted octanol–water partition coefficient (Wildman–Crippen LogP) is 22.9. The summed E-state index contributed by atoms with van der Waals surface area (Å²) >= 11 is 0. The van der Waals surface area contributed by atoms with E-state index in [1.807, 2.05) is 0 Å². The average Bonchev–Trinajstić information content (AvgIpc) is 1.78. The van der Waals surface area contributed by atoms with Crippen molar-refractivity contribution in [3.63, 3.8) is 0 Å². The van der Waals surface area contributed by atoms with E-state index < -0.39 is 97.5 Å². The quantitative estimate of drug-likeness (QED) is 0.0222. The summed E-state index contributed by atoms with van der Waals surface area (Å²) in [5.41, 5.74) is 0. The molecule has 5 atom stereocenters. The molecule has 0 spiro atoms. The monoisotopic (exact) mass is 1410 g/mol. The number of phosphoric ester groups is 2. The standard InChI is InChI=1S/C77H150O17P2/c1-6-9-12-15-18-21-23-25-26-27-28-33-36-41-46-51-56-61-75(80)88-67-73(94-77(82)63-58-53-48-43-38-34-30-29-32-35-40-44-49-54-59-70(4)5)69-92-96(85,86)90-65-71(78)64-89-95(83,84)91-68-72(66-87-74(79)60-55-50-45-39-20-17-14-11-8-3)93-76(81)62-57-52-47-42-37-31-24-22-19-16-13-10-7-2/h70-73,78H,6-69H2,1-5H3,(H,83,84)(H,85,86)/t71-,72+,73+/m0/s1. The van der Waals surface area contributed by atoms with Gasteiger partial charge in [-0.05, 0) is 31.6 Å². The fourth-order valence-corrected chi connectivity index (χ4v) is 13.5.